The number of carboxylic acids is 1. The van der Waals surface area contributed by atoms with Gasteiger partial charge in [-0.3, -0.25) is 14.4 Å². The molecule has 25 heavy (non-hydrogen) atoms. The number of nitrogens with zero attached hydrogens (tertiary/aromatic N) is 1. The number of hydrogen-bond donors (Lipinski definition) is 2. The molecule has 0 radical (unpaired) electrons. The van der Waals surface area contributed by atoms with Crippen LogP contribution in [0.15, 0.2) is 11.4 Å². The Kier molecular flexibility index (Phi) is 5.73. The van der Waals surface area contributed by atoms with Gasteiger partial charge >= 0.3 is 5.97 Å². The first-order valence-electron chi connectivity index (χ1n) is 8.98. The number of carbonyl (C=O) groups excluding carboxylic acids is 2. The largest absolute Gasteiger partial charge is 0.481 e. The number of hydrogen-bond acceptors (Lipinski definition) is 4. The lowest BCUT2D eigenvalue weighted by atomic mass is 9.79. The summed E-state index contributed by atoms with van der Waals surface area (Å²) >= 11 is 1.32. The molecule has 2 aliphatic rings. The third kappa shape index (κ3) is 4.03. The van der Waals surface area contributed by atoms with E-state index in [0.717, 1.165) is 45.2 Å². The van der Waals surface area contributed by atoms with E-state index in [1.165, 1.54) is 11.3 Å². The standard InChI is InChI=1S/C18H24N2O4S/c21-15(12-6-2-3-7-13(12)18(23)24)19-16-14(8-11-25-16)17(22)20-9-4-1-5-10-20/h8,11-13H,1-7,9-10H2,(H,19,21)(H,23,24)/t12-,13+/m1/s1. The molecular formula is C18H24N2O4S. The minimum Gasteiger partial charge on any atom is -0.481 e. The maximum Gasteiger partial charge on any atom is 0.307 e. The van der Waals surface area contributed by atoms with Crippen molar-refractivity contribution in [2.24, 2.45) is 11.8 Å². The molecule has 0 bridgehead atoms. The van der Waals surface area contributed by atoms with Crippen molar-refractivity contribution in [1.29, 1.82) is 0 Å². The van der Waals surface area contributed by atoms with Crippen LogP contribution < -0.4 is 5.32 Å². The third-order valence-electron chi connectivity index (χ3n) is 5.20. The third-order valence-corrected chi connectivity index (χ3v) is 6.03. The predicted octanol–water partition coefficient (Wildman–Crippen LogP) is 3.20. The molecule has 1 saturated carbocycles. The Balaban J connectivity index is 1.70. The van der Waals surface area contributed by atoms with Crippen LogP contribution in [0.25, 0.3) is 0 Å². The number of aliphatic carboxylic acids is 1. The molecule has 2 N–H and O–H groups in total. The maximum atomic E-state index is 12.7. The quantitative estimate of drug-likeness (QED) is 0.859. The Morgan fingerprint density at radius 1 is 1.04 bits per heavy atom. The van der Waals surface area contributed by atoms with E-state index < -0.39 is 17.8 Å². The molecule has 7 heteroatoms. The van der Waals surface area contributed by atoms with Crippen molar-refractivity contribution < 1.29 is 19.5 Å². The zero-order chi connectivity index (χ0) is 17.8. The summed E-state index contributed by atoms with van der Waals surface area (Å²) in [7, 11) is 0. The van der Waals surface area contributed by atoms with E-state index in [0.29, 0.717) is 23.4 Å². The Hall–Kier alpha value is -1.89. The monoisotopic (exact) mass is 364 g/mol. The van der Waals surface area contributed by atoms with Crippen LogP contribution in [0.5, 0.6) is 0 Å². The van der Waals surface area contributed by atoms with Gasteiger partial charge in [0.2, 0.25) is 5.91 Å². The van der Waals surface area contributed by atoms with Gasteiger partial charge in [0.05, 0.1) is 17.4 Å². The second kappa shape index (κ2) is 7.99. The topological polar surface area (TPSA) is 86.7 Å². The highest BCUT2D eigenvalue weighted by Crippen LogP contribution is 2.33. The number of carboxylic acid groups (broad SMARTS) is 1. The maximum absolute atomic E-state index is 12.7. The molecular weight excluding hydrogens is 340 g/mol. The van der Waals surface area contributed by atoms with Crippen molar-refractivity contribution in [1.82, 2.24) is 4.90 Å². The predicted molar refractivity (Wildman–Crippen MR) is 95.8 cm³/mol. The summed E-state index contributed by atoms with van der Waals surface area (Å²) in [6, 6.07) is 1.74. The summed E-state index contributed by atoms with van der Waals surface area (Å²) in [6.45, 7) is 1.51. The molecule has 6 nitrogen and oxygen atoms in total. The first-order valence-corrected chi connectivity index (χ1v) is 9.86. The Morgan fingerprint density at radius 2 is 1.72 bits per heavy atom. The van der Waals surface area contributed by atoms with Crippen LogP contribution in [0.2, 0.25) is 0 Å². The van der Waals surface area contributed by atoms with Gasteiger partial charge < -0.3 is 15.3 Å². The van der Waals surface area contributed by atoms with Gasteiger partial charge in [0.1, 0.15) is 5.00 Å². The van der Waals surface area contributed by atoms with Crippen LogP contribution in [0, 0.1) is 11.8 Å². The summed E-state index contributed by atoms with van der Waals surface area (Å²) in [5.41, 5.74) is 0.517. The average Bonchev–Trinajstić information content (AvgIpc) is 3.09. The van der Waals surface area contributed by atoms with Crippen molar-refractivity contribution in [3.63, 3.8) is 0 Å². The molecule has 0 aromatic carbocycles. The van der Waals surface area contributed by atoms with Crippen molar-refractivity contribution in [2.45, 2.75) is 44.9 Å². The first kappa shape index (κ1) is 17.9. The number of anilines is 1. The molecule has 3 rings (SSSR count). The molecule has 136 valence electrons. The van der Waals surface area contributed by atoms with Crippen LogP contribution in [-0.4, -0.2) is 40.9 Å². The normalized spacial score (nSPS) is 23.9. The van der Waals surface area contributed by atoms with E-state index in [-0.39, 0.29) is 11.8 Å². The fourth-order valence-corrected chi connectivity index (χ4v) is 4.57. The molecule has 2 atom stereocenters. The molecule has 2 fully saturated rings. The van der Waals surface area contributed by atoms with Gasteiger partial charge in [-0.1, -0.05) is 12.8 Å². The number of carbonyl (C=O) groups is 3. The minimum absolute atomic E-state index is 0.0466. The first-order chi connectivity index (χ1) is 12.1. The average molecular weight is 364 g/mol. The number of rotatable bonds is 4. The fraction of sp³-hybridized carbons (Fsp3) is 0.611. The molecule has 1 saturated heterocycles. The summed E-state index contributed by atoms with van der Waals surface area (Å²) in [5.74, 6) is -2.38. The van der Waals surface area contributed by atoms with E-state index in [1.54, 1.807) is 11.4 Å². The SMILES string of the molecule is O=C(O)[C@H]1CCCC[C@H]1C(=O)Nc1sccc1C(=O)N1CCCCC1. The molecule has 0 unspecified atom stereocenters. The van der Waals surface area contributed by atoms with E-state index >= 15 is 0 Å². The van der Waals surface area contributed by atoms with Crippen molar-refractivity contribution in [3.05, 3.63) is 17.0 Å². The molecule has 2 amide bonds. The highest BCUT2D eigenvalue weighted by atomic mass is 32.1. The minimum atomic E-state index is -0.907. The van der Waals surface area contributed by atoms with E-state index in [9.17, 15) is 19.5 Å². The second-order valence-electron chi connectivity index (χ2n) is 6.84. The number of piperidine rings is 1. The molecule has 2 heterocycles. The van der Waals surface area contributed by atoms with Crippen LogP contribution in [-0.2, 0) is 9.59 Å². The lowest BCUT2D eigenvalue weighted by Crippen LogP contribution is -2.37. The summed E-state index contributed by atoms with van der Waals surface area (Å²) in [5, 5.41) is 14.5. The highest BCUT2D eigenvalue weighted by Gasteiger charge is 2.36. The van der Waals surface area contributed by atoms with Crippen molar-refractivity contribution in [2.75, 3.05) is 18.4 Å². The Bertz CT molecular complexity index is 651. The smallest absolute Gasteiger partial charge is 0.307 e. The zero-order valence-corrected chi connectivity index (χ0v) is 15.0. The Labute approximate surface area is 151 Å². The molecule has 1 aromatic rings. The van der Waals surface area contributed by atoms with Gasteiger partial charge in [-0.25, -0.2) is 0 Å². The van der Waals surface area contributed by atoms with E-state index in [2.05, 4.69) is 5.32 Å². The van der Waals surface area contributed by atoms with E-state index in [1.807, 2.05) is 4.90 Å². The van der Waals surface area contributed by atoms with Crippen LogP contribution >= 0.6 is 11.3 Å². The number of thiophene rings is 1. The van der Waals surface area contributed by atoms with Crippen LogP contribution in [0.4, 0.5) is 5.00 Å². The fourth-order valence-electron chi connectivity index (χ4n) is 3.79. The number of nitrogens with one attached hydrogen (secondary N) is 1. The van der Waals surface area contributed by atoms with Crippen molar-refractivity contribution in [3.8, 4) is 0 Å². The van der Waals surface area contributed by atoms with Gasteiger partial charge in [-0.2, -0.15) is 0 Å². The van der Waals surface area contributed by atoms with Crippen LogP contribution in [0.1, 0.15) is 55.3 Å². The highest BCUT2D eigenvalue weighted by molar-refractivity contribution is 7.14. The molecule has 1 aromatic heterocycles. The van der Waals surface area contributed by atoms with Gasteiger partial charge in [0.25, 0.3) is 5.91 Å². The van der Waals surface area contributed by atoms with Gasteiger partial charge in [0.15, 0.2) is 0 Å². The summed E-state index contributed by atoms with van der Waals surface area (Å²) in [6.07, 6.45) is 6.01. The molecule has 0 spiro atoms. The zero-order valence-electron chi connectivity index (χ0n) is 14.2. The van der Waals surface area contributed by atoms with Gasteiger partial charge in [-0.15, -0.1) is 11.3 Å². The Morgan fingerprint density at radius 3 is 2.40 bits per heavy atom. The van der Waals surface area contributed by atoms with Gasteiger partial charge in [-0.05, 0) is 43.6 Å². The number of likely N-dealkylation sites (tertiary alicyclic amines) is 1. The summed E-state index contributed by atoms with van der Waals surface area (Å²) in [4.78, 5) is 38.6. The van der Waals surface area contributed by atoms with Crippen molar-refractivity contribution >= 4 is 34.1 Å². The van der Waals surface area contributed by atoms with Crippen LogP contribution in [0.3, 0.4) is 0 Å². The lowest BCUT2D eigenvalue weighted by Gasteiger charge is -2.28. The molecule has 1 aliphatic carbocycles. The van der Waals surface area contributed by atoms with E-state index in [4.69, 9.17) is 0 Å². The molecule has 1 aliphatic heterocycles. The van der Waals surface area contributed by atoms with Gasteiger partial charge in [0, 0.05) is 13.1 Å². The number of amides is 2. The summed E-state index contributed by atoms with van der Waals surface area (Å²) < 4.78 is 0. The second-order valence-corrected chi connectivity index (χ2v) is 7.76. The lowest BCUT2D eigenvalue weighted by molar-refractivity contribution is -0.147.